The van der Waals surface area contributed by atoms with Crippen LogP contribution >= 0.6 is 0 Å². The summed E-state index contributed by atoms with van der Waals surface area (Å²) in [6.07, 6.45) is 12.3. The van der Waals surface area contributed by atoms with E-state index in [9.17, 15) is 9.59 Å². The van der Waals surface area contributed by atoms with Crippen LogP contribution in [0.15, 0.2) is 42.5 Å². The molecule has 1 aliphatic carbocycles. The number of ether oxygens (including phenoxy) is 1. The molecule has 2 fully saturated rings. The van der Waals surface area contributed by atoms with E-state index in [2.05, 4.69) is 29.6 Å². The minimum atomic E-state index is -0.504. The van der Waals surface area contributed by atoms with E-state index in [4.69, 9.17) is 4.74 Å². The minimum Gasteiger partial charge on any atom is -0.444 e. The Morgan fingerprint density at radius 2 is 1.63 bits per heavy atom. The third kappa shape index (κ3) is 10.3. The third-order valence-corrected chi connectivity index (χ3v) is 8.76. The first-order valence-corrected chi connectivity index (χ1v) is 16.2. The molecule has 1 saturated heterocycles. The molecule has 6 heteroatoms. The van der Waals surface area contributed by atoms with Crippen molar-refractivity contribution >= 4 is 22.8 Å². The van der Waals surface area contributed by atoms with Gasteiger partial charge in [0.15, 0.2) is 0 Å². The van der Waals surface area contributed by atoms with Crippen LogP contribution in [0.3, 0.4) is 0 Å². The number of rotatable bonds is 12. The van der Waals surface area contributed by atoms with Crippen LogP contribution in [0.4, 0.5) is 4.79 Å². The average Bonchev–Trinajstić information content (AvgIpc) is 2.96. The second-order valence-corrected chi connectivity index (χ2v) is 13.3. The van der Waals surface area contributed by atoms with Crippen LogP contribution < -0.4 is 5.32 Å². The van der Waals surface area contributed by atoms with E-state index < -0.39 is 5.60 Å². The van der Waals surface area contributed by atoms with Gasteiger partial charge in [0, 0.05) is 26.2 Å². The number of unbranched alkanes of at least 4 members (excludes halogenated alkanes) is 2. The number of hydrogen-bond donors (Lipinski definition) is 1. The van der Waals surface area contributed by atoms with E-state index in [0.717, 1.165) is 81.7 Å². The lowest BCUT2D eigenvalue weighted by molar-refractivity contribution is -0.131. The van der Waals surface area contributed by atoms with Gasteiger partial charge in [0.05, 0.1) is 6.42 Å². The van der Waals surface area contributed by atoms with Crippen LogP contribution in [0.1, 0.15) is 90.5 Å². The Balaban J connectivity index is 1.20. The maximum atomic E-state index is 13.2. The lowest BCUT2D eigenvalue weighted by Crippen LogP contribution is -2.44. The molecule has 41 heavy (non-hydrogen) atoms. The Labute approximate surface area is 248 Å². The number of piperidine rings is 1. The summed E-state index contributed by atoms with van der Waals surface area (Å²) in [7, 11) is 0. The number of carbonyl (C=O) groups excluding carboxylic acids is 2. The van der Waals surface area contributed by atoms with Gasteiger partial charge >= 0.3 is 6.09 Å². The number of amides is 2. The SMILES string of the molecule is CC(C)(C)OC(=O)N(CCCCCNCC1CCCCC1)CC1CCN(C(=O)Cc2cccc3ccccc23)CC1. The fourth-order valence-corrected chi connectivity index (χ4v) is 6.41. The molecular formula is C35H53N3O3. The maximum Gasteiger partial charge on any atom is 0.410 e. The zero-order valence-corrected chi connectivity index (χ0v) is 25.8. The number of nitrogens with zero attached hydrogens (tertiary/aromatic N) is 2. The van der Waals surface area contributed by atoms with Crippen molar-refractivity contribution in [1.82, 2.24) is 15.1 Å². The first-order valence-electron chi connectivity index (χ1n) is 16.2. The van der Waals surface area contributed by atoms with Gasteiger partial charge in [-0.3, -0.25) is 4.79 Å². The lowest BCUT2D eigenvalue weighted by Gasteiger charge is -2.35. The molecule has 4 rings (SSSR count). The zero-order valence-electron chi connectivity index (χ0n) is 25.8. The number of carbonyl (C=O) groups is 2. The summed E-state index contributed by atoms with van der Waals surface area (Å²) in [6, 6.07) is 14.5. The number of nitrogens with one attached hydrogen (secondary N) is 1. The zero-order chi connectivity index (χ0) is 29.1. The molecule has 1 N–H and O–H groups in total. The topological polar surface area (TPSA) is 61.9 Å². The summed E-state index contributed by atoms with van der Waals surface area (Å²) in [5, 5.41) is 6.00. The van der Waals surface area contributed by atoms with Gasteiger partial charge in [-0.2, -0.15) is 0 Å². The molecular weight excluding hydrogens is 510 g/mol. The Morgan fingerprint density at radius 3 is 2.39 bits per heavy atom. The Hall–Kier alpha value is -2.60. The second kappa shape index (κ2) is 15.6. The largest absolute Gasteiger partial charge is 0.444 e. The van der Waals surface area contributed by atoms with Crippen LogP contribution in [0.2, 0.25) is 0 Å². The molecule has 2 aliphatic rings. The average molecular weight is 564 g/mol. The van der Waals surface area contributed by atoms with Crippen molar-refractivity contribution in [3.8, 4) is 0 Å². The highest BCUT2D eigenvalue weighted by molar-refractivity contribution is 5.90. The van der Waals surface area contributed by atoms with Crippen molar-refractivity contribution in [3.63, 3.8) is 0 Å². The molecule has 1 heterocycles. The smallest absolute Gasteiger partial charge is 0.410 e. The monoisotopic (exact) mass is 563 g/mol. The summed E-state index contributed by atoms with van der Waals surface area (Å²) in [5.41, 5.74) is 0.589. The minimum absolute atomic E-state index is 0.195. The molecule has 0 unspecified atom stereocenters. The normalized spacial score (nSPS) is 17.1. The van der Waals surface area contributed by atoms with E-state index in [1.807, 2.05) is 48.8 Å². The number of fused-ring (bicyclic) bond motifs is 1. The molecule has 0 spiro atoms. The molecule has 2 aromatic carbocycles. The maximum absolute atomic E-state index is 13.2. The Kier molecular flexibility index (Phi) is 11.9. The van der Waals surface area contributed by atoms with E-state index in [1.54, 1.807) is 0 Å². The highest BCUT2D eigenvalue weighted by atomic mass is 16.6. The van der Waals surface area contributed by atoms with E-state index in [1.165, 1.54) is 37.5 Å². The van der Waals surface area contributed by atoms with Gasteiger partial charge in [0.2, 0.25) is 5.91 Å². The molecule has 1 saturated carbocycles. The van der Waals surface area contributed by atoms with Gasteiger partial charge in [-0.05, 0) is 101 Å². The lowest BCUT2D eigenvalue weighted by atomic mass is 9.89. The molecule has 2 amide bonds. The van der Waals surface area contributed by atoms with Crippen LogP contribution in [0.5, 0.6) is 0 Å². The van der Waals surface area contributed by atoms with E-state index >= 15 is 0 Å². The first kappa shape index (κ1) is 31.3. The first-order chi connectivity index (χ1) is 19.8. The summed E-state index contributed by atoms with van der Waals surface area (Å²) in [4.78, 5) is 30.2. The Morgan fingerprint density at radius 1 is 0.902 bits per heavy atom. The second-order valence-electron chi connectivity index (χ2n) is 13.3. The van der Waals surface area contributed by atoms with Gasteiger partial charge in [-0.15, -0.1) is 0 Å². The van der Waals surface area contributed by atoms with E-state index in [0.29, 0.717) is 18.9 Å². The van der Waals surface area contributed by atoms with Crippen LogP contribution in [0.25, 0.3) is 10.8 Å². The van der Waals surface area contributed by atoms with Crippen LogP contribution in [0, 0.1) is 11.8 Å². The number of benzene rings is 2. The molecule has 2 aromatic rings. The highest BCUT2D eigenvalue weighted by Crippen LogP contribution is 2.24. The fourth-order valence-electron chi connectivity index (χ4n) is 6.41. The van der Waals surface area contributed by atoms with Gasteiger partial charge in [0.1, 0.15) is 5.60 Å². The van der Waals surface area contributed by atoms with Gasteiger partial charge < -0.3 is 19.9 Å². The number of likely N-dealkylation sites (tertiary alicyclic amines) is 1. The Bertz CT molecular complexity index is 1090. The highest BCUT2D eigenvalue weighted by Gasteiger charge is 2.28. The number of hydrogen-bond acceptors (Lipinski definition) is 4. The van der Waals surface area contributed by atoms with Crippen molar-refractivity contribution in [2.45, 2.75) is 97.0 Å². The fraction of sp³-hybridized carbons (Fsp3) is 0.657. The van der Waals surface area contributed by atoms with E-state index in [-0.39, 0.29) is 12.0 Å². The van der Waals surface area contributed by atoms with Crippen molar-refractivity contribution in [3.05, 3.63) is 48.0 Å². The van der Waals surface area contributed by atoms with Gasteiger partial charge in [-0.1, -0.05) is 68.1 Å². The molecule has 0 radical (unpaired) electrons. The van der Waals surface area contributed by atoms with Crippen molar-refractivity contribution in [2.24, 2.45) is 11.8 Å². The van der Waals surface area contributed by atoms with Crippen molar-refractivity contribution < 1.29 is 14.3 Å². The summed E-state index contributed by atoms with van der Waals surface area (Å²) < 4.78 is 5.78. The molecule has 0 bridgehead atoms. The molecule has 6 nitrogen and oxygen atoms in total. The summed E-state index contributed by atoms with van der Waals surface area (Å²) in [5.74, 6) is 1.45. The third-order valence-electron chi connectivity index (χ3n) is 8.76. The predicted molar refractivity (Wildman–Crippen MR) is 168 cm³/mol. The molecule has 1 aliphatic heterocycles. The summed E-state index contributed by atoms with van der Waals surface area (Å²) >= 11 is 0. The summed E-state index contributed by atoms with van der Waals surface area (Å²) in [6.45, 7) is 11.0. The standard InChI is InChI=1S/C35H53N3O3/c1-35(2,3)41-34(40)38(22-11-5-10-21-36-26-28-13-6-4-7-14-28)27-29-19-23-37(24-20-29)33(39)25-31-17-12-16-30-15-8-9-18-32(30)31/h8-9,12,15-18,28-29,36H,4-7,10-11,13-14,19-27H2,1-3H3. The van der Waals surface area contributed by atoms with Crippen LogP contribution in [-0.2, 0) is 16.0 Å². The molecule has 0 atom stereocenters. The predicted octanol–water partition coefficient (Wildman–Crippen LogP) is 7.20. The molecule has 226 valence electrons. The van der Waals surface area contributed by atoms with Gasteiger partial charge in [0.25, 0.3) is 0 Å². The quantitative estimate of drug-likeness (QED) is 0.278. The van der Waals surface area contributed by atoms with Gasteiger partial charge in [-0.25, -0.2) is 4.79 Å². The van der Waals surface area contributed by atoms with Crippen molar-refractivity contribution in [1.29, 1.82) is 0 Å². The molecule has 0 aromatic heterocycles. The van der Waals surface area contributed by atoms with Crippen molar-refractivity contribution in [2.75, 3.05) is 39.3 Å². The van der Waals surface area contributed by atoms with Crippen LogP contribution in [-0.4, -0.2) is 66.7 Å².